The van der Waals surface area contributed by atoms with E-state index < -0.39 is 5.97 Å². The monoisotopic (exact) mass is 417 g/mol. The molecule has 3 aromatic rings. The smallest absolute Gasteiger partial charge is 0.343 e. The average molecular weight is 417 g/mol. The van der Waals surface area contributed by atoms with E-state index >= 15 is 0 Å². The maximum absolute atomic E-state index is 12.9. The number of ether oxygens (including phenoxy) is 4. The van der Waals surface area contributed by atoms with E-state index in [1.54, 1.807) is 62.6 Å². The van der Waals surface area contributed by atoms with Crippen molar-refractivity contribution in [2.24, 2.45) is 0 Å². The lowest BCUT2D eigenvalue weighted by Crippen LogP contribution is -2.09. The van der Waals surface area contributed by atoms with E-state index in [-0.39, 0.29) is 11.5 Å². The quantitative estimate of drug-likeness (QED) is 0.349. The first-order valence-corrected chi connectivity index (χ1v) is 9.44. The average Bonchev–Trinajstić information content (AvgIpc) is 3.12. The first-order valence-electron chi connectivity index (χ1n) is 9.44. The van der Waals surface area contributed by atoms with Crippen LogP contribution in [0.1, 0.15) is 31.8 Å². The van der Waals surface area contributed by atoms with Gasteiger partial charge in [-0.3, -0.25) is 9.78 Å². The molecule has 0 aliphatic carbocycles. The van der Waals surface area contributed by atoms with Crippen molar-refractivity contribution in [2.75, 3.05) is 14.2 Å². The van der Waals surface area contributed by atoms with Crippen molar-refractivity contribution < 1.29 is 28.5 Å². The molecule has 0 unspecified atom stereocenters. The van der Waals surface area contributed by atoms with Gasteiger partial charge in [0.15, 0.2) is 17.3 Å². The normalized spacial score (nSPS) is 13.5. The molecule has 2 heterocycles. The summed E-state index contributed by atoms with van der Waals surface area (Å²) in [6.07, 6.45) is 4.63. The number of pyridine rings is 1. The fraction of sp³-hybridized carbons (Fsp3) is 0.125. The predicted octanol–water partition coefficient (Wildman–Crippen LogP) is 4.24. The summed E-state index contributed by atoms with van der Waals surface area (Å²) >= 11 is 0. The van der Waals surface area contributed by atoms with Gasteiger partial charge in [-0.05, 0) is 43.3 Å². The second-order valence-electron chi connectivity index (χ2n) is 6.71. The molecule has 4 rings (SSSR count). The fourth-order valence-electron chi connectivity index (χ4n) is 3.29. The third kappa shape index (κ3) is 3.73. The molecule has 0 amide bonds. The van der Waals surface area contributed by atoms with Crippen molar-refractivity contribution >= 4 is 17.8 Å². The number of carbonyl (C=O) groups is 2. The lowest BCUT2D eigenvalue weighted by molar-refractivity contribution is 0.0733. The molecule has 0 radical (unpaired) electrons. The SMILES string of the molecule is COc1cccc(/C=C2\Oc3c(ccc(OC(=O)c4ccncc4)c3C)C2=O)c1OC. The van der Waals surface area contributed by atoms with Crippen LogP contribution < -0.4 is 18.9 Å². The summed E-state index contributed by atoms with van der Waals surface area (Å²) in [6.45, 7) is 1.73. The minimum atomic E-state index is -0.522. The van der Waals surface area contributed by atoms with Crippen LogP contribution in [0.15, 0.2) is 60.6 Å². The van der Waals surface area contributed by atoms with Crippen molar-refractivity contribution in [3.05, 3.63) is 82.9 Å². The van der Waals surface area contributed by atoms with Crippen LogP contribution in [-0.4, -0.2) is 31.0 Å². The van der Waals surface area contributed by atoms with Gasteiger partial charge in [0.25, 0.3) is 0 Å². The van der Waals surface area contributed by atoms with Crippen molar-refractivity contribution in [1.29, 1.82) is 0 Å². The van der Waals surface area contributed by atoms with Gasteiger partial charge < -0.3 is 18.9 Å². The number of fused-ring (bicyclic) bond motifs is 1. The molecule has 0 fully saturated rings. The first-order chi connectivity index (χ1) is 15.0. The van der Waals surface area contributed by atoms with E-state index in [9.17, 15) is 9.59 Å². The molecule has 0 saturated carbocycles. The number of esters is 1. The van der Waals surface area contributed by atoms with Gasteiger partial charge in [-0.2, -0.15) is 0 Å². The minimum absolute atomic E-state index is 0.141. The molecule has 1 aromatic heterocycles. The number of nitrogens with zero attached hydrogens (tertiary/aromatic N) is 1. The van der Waals surface area contributed by atoms with Crippen LogP contribution >= 0.6 is 0 Å². The Morgan fingerprint density at radius 1 is 1.00 bits per heavy atom. The summed E-state index contributed by atoms with van der Waals surface area (Å²) in [5.41, 5.74) is 1.96. The summed E-state index contributed by atoms with van der Waals surface area (Å²) in [4.78, 5) is 29.1. The standard InChI is InChI=1S/C24H19NO6/c1-14-18(31-24(27)15-9-11-25-12-10-15)8-7-17-21(26)20(30-22(14)17)13-16-5-4-6-19(28-2)23(16)29-3/h4-13H,1-3H3/b20-13-. The Morgan fingerprint density at radius 3 is 2.48 bits per heavy atom. The second-order valence-corrected chi connectivity index (χ2v) is 6.71. The highest BCUT2D eigenvalue weighted by Crippen LogP contribution is 2.40. The van der Waals surface area contributed by atoms with E-state index in [4.69, 9.17) is 18.9 Å². The molecule has 0 N–H and O–H groups in total. The third-order valence-electron chi connectivity index (χ3n) is 4.88. The highest BCUT2D eigenvalue weighted by atomic mass is 16.5. The zero-order valence-electron chi connectivity index (χ0n) is 17.2. The molecule has 2 aromatic carbocycles. The molecule has 0 saturated heterocycles. The zero-order valence-corrected chi connectivity index (χ0v) is 17.2. The minimum Gasteiger partial charge on any atom is -0.493 e. The molecule has 7 heteroatoms. The van der Waals surface area contributed by atoms with Crippen molar-refractivity contribution in [1.82, 2.24) is 4.98 Å². The highest BCUT2D eigenvalue weighted by Gasteiger charge is 2.31. The van der Waals surface area contributed by atoms with Crippen LogP contribution in [0.25, 0.3) is 6.08 Å². The summed E-state index contributed by atoms with van der Waals surface area (Å²) in [5, 5.41) is 0. The topological polar surface area (TPSA) is 84.0 Å². The number of hydrogen-bond acceptors (Lipinski definition) is 7. The number of allylic oxidation sites excluding steroid dienone is 1. The largest absolute Gasteiger partial charge is 0.493 e. The molecular weight excluding hydrogens is 398 g/mol. The Bertz CT molecular complexity index is 1200. The van der Waals surface area contributed by atoms with Crippen molar-refractivity contribution in [2.45, 2.75) is 6.92 Å². The molecule has 0 bridgehead atoms. The molecule has 1 aliphatic heterocycles. The van der Waals surface area contributed by atoms with Gasteiger partial charge in [0.2, 0.25) is 5.78 Å². The van der Waals surface area contributed by atoms with E-state index in [1.807, 2.05) is 0 Å². The number of carbonyl (C=O) groups excluding carboxylic acids is 2. The number of benzene rings is 2. The fourth-order valence-corrected chi connectivity index (χ4v) is 3.29. The van der Waals surface area contributed by atoms with Crippen molar-refractivity contribution in [3.8, 4) is 23.0 Å². The molecular formula is C24H19NO6. The van der Waals surface area contributed by atoms with Gasteiger partial charge in [-0.15, -0.1) is 0 Å². The number of rotatable bonds is 5. The second kappa shape index (κ2) is 8.31. The number of Topliss-reactive ketones (excluding diaryl/α,β-unsaturated/α-hetero) is 1. The van der Waals surface area contributed by atoms with E-state index in [2.05, 4.69) is 4.98 Å². The maximum Gasteiger partial charge on any atom is 0.343 e. The van der Waals surface area contributed by atoms with Gasteiger partial charge in [-0.25, -0.2) is 4.79 Å². The van der Waals surface area contributed by atoms with Crippen LogP contribution in [0.5, 0.6) is 23.0 Å². The number of aromatic nitrogens is 1. The summed E-state index contributed by atoms with van der Waals surface area (Å²) < 4.78 is 22.1. The van der Waals surface area contributed by atoms with E-state index in [0.717, 1.165) is 0 Å². The van der Waals surface area contributed by atoms with Gasteiger partial charge in [-0.1, -0.05) is 12.1 Å². The number of ketones is 1. The Labute approximate surface area is 178 Å². The van der Waals surface area contributed by atoms with Crippen LogP contribution in [0.4, 0.5) is 0 Å². The number of para-hydroxylation sites is 1. The lowest BCUT2D eigenvalue weighted by atomic mass is 10.1. The van der Waals surface area contributed by atoms with Crippen LogP contribution in [0.3, 0.4) is 0 Å². The van der Waals surface area contributed by atoms with E-state index in [1.165, 1.54) is 19.5 Å². The molecule has 156 valence electrons. The van der Waals surface area contributed by atoms with Gasteiger partial charge >= 0.3 is 5.97 Å². The van der Waals surface area contributed by atoms with Crippen molar-refractivity contribution in [3.63, 3.8) is 0 Å². The molecule has 31 heavy (non-hydrogen) atoms. The Morgan fingerprint density at radius 2 is 1.77 bits per heavy atom. The van der Waals surface area contributed by atoms with Crippen LogP contribution in [0, 0.1) is 6.92 Å². The summed E-state index contributed by atoms with van der Waals surface area (Å²) in [5.74, 6) is 1.06. The molecule has 0 spiro atoms. The number of methoxy groups -OCH3 is 2. The lowest BCUT2D eigenvalue weighted by Gasteiger charge is -2.11. The van der Waals surface area contributed by atoms with E-state index in [0.29, 0.717) is 45.3 Å². The van der Waals surface area contributed by atoms with Gasteiger partial charge in [0.1, 0.15) is 11.5 Å². The molecule has 0 atom stereocenters. The summed E-state index contributed by atoms with van der Waals surface area (Å²) in [7, 11) is 3.07. The Kier molecular flexibility index (Phi) is 5.41. The number of hydrogen-bond donors (Lipinski definition) is 0. The molecule has 1 aliphatic rings. The summed E-state index contributed by atoms with van der Waals surface area (Å²) in [6, 6.07) is 11.7. The maximum atomic E-state index is 12.9. The third-order valence-corrected chi connectivity index (χ3v) is 4.88. The Balaban J connectivity index is 1.65. The zero-order chi connectivity index (χ0) is 22.0. The highest BCUT2D eigenvalue weighted by molar-refractivity contribution is 6.15. The van der Waals surface area contributed by atoms with Crippen LogP contribution in [0.2, 0.25) is 0 Å². The Hall–Kier alpha value is -4.13. The van der Waals surface area contributed by atoms with Gasteiger partial charge in [0, 0.05) is 23.5 Å². The predicted molar refractivity (Wildman–Crippen MR) is 113 cm³/mol. The van der Waals surface area contributed by atoms with Gasteiger partial charge in [0.05, 0.1) is 25.3 Å². The first kappa shape index (κ1) is 20.2. The van der Waals surface area contributed by atoms with Crippen LogP contribution in [-0.2, 0) is 0 Å². The molecule has 7 nitrogen and oxygen atoms in total.